The molecular formula is C11H20O4. The van der Waals surface area contributed by atoms with E-state index in [4.69, 9.17) is 4.74 Å². The molecule has 0 saturated carbocycles. The topological polar surface area (TPSA) is 63.6 Å². The average Bonchev–Trinajstić information content (AvgIpc) is 2.20. The van der Waals surface area contributed by atoms with Crippen molar-refractivity contribution in [1.82, 2.24) is 0 Å². The van der Waals surface area contributed by atoms with Gasteiger partial charge >= 0.3 is 5.97 Å². The molecule has 1 N–H and O–H groups in total. The number of hydrogen-bond acceptors (Lipinski definition) is 4. The van der Waals surface area contributed by atoms with Crippen LogP contribution in [0.1, 0.15) is 46.0 Å². The Balaban J connectivity index is 3.50. The number of ketones is 1. The van der Waals surface area contributed by atoms with Gasteiger partial charge in [-0.2, -0.15) is 0 Å². The maximum Gasteiger partial charge on any atom is 0.302 e. The lowest BCUT2D eigenvalue weighted by Gasteiger charge is -2.08. The fraction of sp³-hybridized carbons (Fsp3) is 0.818. The third-order valence-electron chi connectivity index (χ3n) is 2.08. The Morgan fingerprint density at radius 3 is 2.53 bits per heavy atom. The standard InChI is InChI=1S/C11H20O4/c1-3-4-6-10(13)11(14)7-5-8-15-9(2)12/h11,14H,3-8H2,1-2H3. The van der Waals surface area contributed by atoms with Gasteiger partial charge in [-0.1, -0.05) is 13.3 Å². The van der Waals surface area contributed by atoms with Gasteiger partial charge < -0.3 is 9.84 Å². The fourth-order valence-corrected chi connectivity index (χ4v) is 1.17. The van der Waals surface area contributed by atoms with Crippen LogP contribution in [0.2, 0.25) is 0 Å². The Hall–Kier alpha value is -0.900. The van der Waals surface area contributed by atoms with Crippen molar-refractivity contribution >= 4 is 11.8 Å². The summed E-state index contributed by atoms with van der Waals surface area (Å²) in [5.41, 5.74) is 0. The predicted octanol–water partition coefficient (Wildman–Crippen LogP) is 1.45. The van der Waals surface area contributed by atoms with Gasteiger partial charge in [0, 0.05) is 13.3 Å². The molecule has 4 nitrogen and oxygen atoms in total. The number of esters is 1. The summed E-state index contributed by atoms with van der Waals surface area (Å²) in [5, 5.41) is 9.42. The van der Waals surface area contributed by atoms with Gasteiger partial charge in [0.05, 0.1) is 6.61 Å². The van der Waals surface area contributed by atoms with Crippen LogP contribution in [-0.2, 0) is 14.3 Å². The van der Waals surface area contributed by atoms with Gasteiger partial charge in [-0.05, 0) is 19.3 Å². The number of aliphatic hydroxyl groups is 1. The van der Waals surface area contributed by atoms with E-state index in [1.165, 1.54) is 6.92 Å². The quantitative estimate of drug-likeness (QED) is 0.492. The van der Waals surface area contributed by atoms with Crippen molar-refractivity contribution in [2.75, 3.05) is 6.61 Å². The van der Waals surface area contributed by atoms with E-state index >= 15 is 0 Å². The monoisotopic (exact) mass is 216 g/mol. The largest absolute Gasteiger partial charge is 0.466 e. The summed E-state index contributed by atoms with van der Waals surface area (Å²) in [4.78, 5) is 21.7. The molecule has 4 heteroatoms. The molecule has 0 aromatic heterocycles. The normalized spacial score (nSPS) is 12.2. The Kier molecular flexibility index (Phi) is 7.91. The summed E-state index contributed by atoms with van der Waals surface area (Å²) >= 11 is 0. The third kappa shape index (κ3) is 8.12. The van der Waals surface area contributed by atoms with Gasteiger partial charge in [0.15, 0.2) is 5.78 Å². The number of rotatable bonds is 8. The second kappa shape index (κ2) is 8.41. The highest BCUT2D eigenvalue weighted by molar-refractivity contribution is 5.82. The lowest BCUT2D eigenvalue weighted by molar-refractivity contribution is -0.141. The van der Waals surface area contributed by atoms with Crippen molar-refractivity contribution < 1.29 is 19.4 Å². The molecule has 0 heterocycles. The van der Waals surface area contributed by atoms with E-state index < -0.39 is 6.10 Å². The van der Waals surface area contributed by atoms with Crippen molar-refractivity contribution in [3.63, 3.8) is 0 Å². The second-order valence-corrected chi connectivity index (χ2v) is 3.57. The highest BCUT2D eigenvalue weighted by Gasteiger charge is 2.13. The van der Waals surface area contributed by atoms with Crippen molar-refractivity contribution in [2.45, 2.75) is 52.1 Å². The van der Waals surface area contributed by atoms with Crippen molar-refractivity contribution in [3.05, 3.63) is 0 Å². The Morgan fingerprint density at radius 2 is 2.00 bits per heavy atom. The molecule has 0 saturated heterocycles. The molecular weight excluding hydrogens is 196 g/mol. The lowest BCUT2D eigenvalue weighted by atomic mass is 10.1. The Labute approximate surface area is 90.6 Å². The van der Waals surface area contributed by atoms with E-state index in [9.17, 15) is 14.7 Å². The Bertz CT molecular complexity index is 201. The van der Waals surface area contributed by atoms with Crippen LogP contribution in [0.4, 0.5) is 0 Å². The lowest BCUT2D eigenvalue weighted by Crippen LogP contribution is -2.20. The summed E-state index contributed by atoms with van der Waals surface area (Å²) in [6.07, 6.45) is 2.21. The first-order chi connectivity index (χ1) is 7.07. The predicted molar refractivity (Wildman–Crippen MR) is 56.4 cm³/mol. The van der Waals surface area contributed by atoms with E-state index in [-0.39, 0.29) is 18.4 Å². The first kappa shape index (κ1) is 14.1. The summed E-state index contributed by atoms with van der Waals surface area (Å²) in [5.74, 6) is -0.443. The number of unbranched alkanes of at least 4 members (excludes halogenated alkanes) is 1. The van der Waals surface area contributed by atoms with E-state index in [2.05, 4.69) is 0 Å². The van der Waals surface area contributed by atoms with Gasteiger partial charge in [0.1, 0.15) is 6.10 Å². The molecule has 0 aliphatic carbocycles. The number of ether oxygens (including phenoxy) is 1. The maximum atomic E-state index is 11.3. The van der Waals surface area contributed by atoms with Gasteiger partial charge in [-0.15, -0.1) is 0 Å². The highest BCUT2D eigenvalue weighted by Crippen LogP contribution is 2.04. The number of Topliss-reactive ketones (excluding diaryl/α,β-unsaturated/α-hetero) is 1. The molecule has 0 aliphatic heterocycles. The number of hydrogen-bond donors (Lipinski definition) is 1. The molecule has 88 valence electrons. The summed E-state index contributed by atoms with van der Waals surface area (Å²) in [6.45, 7) is 3.61. The maximum absolute atomic E-state index is 11.3. The molecule has 0 radical (unpaired) electrons. The Morgan fingerprint density at radius 1 is 1.33 bits per heavy atom. The van der Waals surface area contributed by atoms with Gasteiger partial charge in [-0.3, -0.25) is 9.59 Å². The van der Waals surface area contributed by atoms with Crippen molar-refractivity contribution in [3.8, 4) is 0 Å². The molecule has 0 amide bonds. The van der Waals surface area contributed by atoms with Gasteiger partial charge in [-0.25, -0.2) is 0 Å². The minimum absolute atomic E-state index is 0.111. The number of carbonyl (C=O) groups excluding carboxylic acids is 2. The van der Waals surface area contributed by atoms with Crippen LogP contribution in [0, 0.1) is 0 Å². The molecule has 0 aromatic rings. The molecule has 1 atom stereocenters. The van der Waals surface area contributed by atoms with Crippen LogP contribution in [0.3, 0.4) is 0 Å². The molecule has 1 unspecified atom stereocenters. The van der Waals surface area contributed by atoms with E-state index in [0.717, 1.165) is 12.8 Å². The van der Waals surface area contributed by atoms with Crippen LogP contribution in [0.25, 0.3) is 0 Å². The number of aliphatic hydroxyl groups excluding tert-OH is 1. The van der Waals surface area contributed by atoms with E-state index in [1.807, 2.05) is 6.92 Å². The fourth-order valence-electron chi connectivity index (χ4n) is 1.17. The van der Waals surface area contributed by atoms with Crippen LogP contribution >= 0.6 is 0 Å². The van der Waals surface area contributed by atoms with Crippen LogP contribution < -0.4 is 0 Å². The smallest absolute Gasteiger partial charge is 0.302 e. The SMILES string of the molecule is CCCCC(=O)C(O)CCCOC(C)=O. The first-order valence-corrected chi connectivity index (χ1v) is 5.42. The molecule has 15 heavy (non-hydrogen) atoms. The van der Waals surface area contributed by atoms with Crippen LogP contribution in [-0.4, -0.2) is 29.6 Å². The summed E-state index contributed by atoms with van der Waals surface area (Å²) in [6, 6.07) is 0. The molecule has 0 rings (SSSR count). The molecule has 0 aliphatic rings. The minimum atomic E-state index is -0.896. The zero-order chi connectivity index (χ0) is 11.7. The third-order valence-corrected chi connectivity index (χ3v) is 2.08. The van der Waals surface area contributed by atoms with Crippen molar-refractivity contribution in [1.29, 1.82) is 0 Å². The minimum Gasteiger partial charge on any atom is -0.466 e. The van der Waals surface area contributed by atoms with Crippen molar-refractivity contribution in [2.24, 2.45) is 0 Å². The molecule has 0 aromatic carbocycles. The zero-order valence-corrected chi connectivity index (χ0v) is 9.49. The number of carbonyl (C=O) groups is 2. The highest BCUT2D eigenvalue weighted by atomic mass is 16.5. The summed E-state index contributed by atoms with van der Waals surface area (Å²) < 4.78 is 4.69. The second-order valence-electron chi connectivity index (χ2n) is 3.57. The first-order valence-electron chi connectivity index (χ1n) is 5.42. The zero-order valence-electron chi connectivity index (χ0n) is 9.49. The van der Waals surface area contributed by atoms with Crippen LogP contribution in [0.15, 0.2) is 0 Å². The average molecular weight is 216 g/mol. The van der Waals surface area contributed by atoms with Crippen LogP contribution in [0.5, 0.6) is 0 Å². The van der Waals surface area contributed by atoms with Gasteiger partial charge in [0.25, 0.3) is 0 Å². The molecule has 0 bridgehead atoms. The van der Waals surface area contributed by atoms with E-state index in [1.54, 1.807) is 0 Å². The van der Waals surface area contributed by atoms with Gasteiger partial charge in [0.2, 0.25) is 0 Å². The van der Waals surface area contributed by atoms with E-state index in [0.29, 0.717) is 19.3 Å². The molecule has 0 fully saturated rings. The summed E-state index contributed by atoms with van der Waals surface area (Å²) in [7, 11) is 0. The molecule has 0 spiro atoms.